The first-order chi connectivity index (χ1) is 13.6. The molecule has 1 aromatic carbocycles. The van der Waals surface area contributed by atoms with E-state index >= 15 is 0 Å². The van der Waals surface area contributed by atoms with Crippen molar-refractivity contribution in [2.75, 3.05) is 14.2 Å². The summed E-state index contributed by atoms with van der Waals surface area (Å²) in [7, 11) is 2.85. The first kappa shape index (κ1) is 17.5. The third-order valence-electron chi connectivity index (χ3n) is 4.31. The van der Waals surface area contributed by atoms with E-state index in [9.17, 15) is 9.59 Å². The van der Waals surface area contributed by atoms with Gasteiger partial charge in [-0.05, 0) is 36.4 Å². The van der Waals surface area contributed by atoms with E-state index in [1.807, 2.05) is 6.07 Å². The van der Waals surface area contributed by atoms with Crippen molar-refractivity contribution in [3.63, 3.8) is 0 Å². The number of esters is 1. The van der Waals surface area contributed by atoms with Crippen LogP contribution >= 0.6 is 0 Å². The molecular formula is C20H16N4O4. The normalized spacial score (nSPS) is 10.8. The molecule has 0 unspecified atom stereocenters. The molecule has 8 nitrogen and oxygen atoms in total. The Morgan fingerprint density at radius 3 is 2.46 bits per heavy atom. The van der Waals surface area contributed by atoms with Crippen LogP contribution in [0.15, 0.2) is 65.8 Å². The highest BCUT2D eigenvalue weighted by atomic mass is 16.5. The summed E-state index contributed by atoms with van der Waals surface area (Å²) < 4.78 is 12.9. The van der Waals surface area contributed by atoms with Gasteiger partial charge in [-0.2, -0.15) is 9.78 Å². The fourth-order valence-electron chi connectivity index (χ4n) is 2.90. The lowest BCUT2D eigenvalue weighted by Gasteiger charge is -2.10. The monoisotopic (exact) mass is 376 g/mol. The minimum absolute atomic E-state index is 0.176. The Labute approximate surface area is 159 Å². The third kappa shape index (κ3) is 2.90. The summed E-state index contributed by atoms with van der Waals surface area (Å²) in [5.41, 5.74) is 0.928. The molecule has 0 N–H and O–H groups in total. The van der Waals surface area contributed by atoms with Gasteiger partial charge in [-0.1, -0.05) is 6.07 Å². The molecule has 0 atom stereocenters. The Kier molecular flexibility index (Phi) is 4.36. The molecule has 0 saturated heterocycles. The van der Waals surface area contributed by atoms with Gasteiger partial charge in [-0.15, -0.1) is 0 Å². The third-order valence-corrected chi connectivity index (χ3v) is 4.31. The van der Waals surface area contributed by atoms with E-state index in [4.69, 9.17) is 9.47 Å². The van der Waals surface area contributed by atoms with Gasteiger partial charge in [0.05, 0.1) is 25.5 Å². The van der Waals surface area contributed by atoms with Gasteiger partial charge in [-0.25, -0.2) is 9.78 Å². The Balaban J connectivity index is 1.95. The van der Waals surface area contributed by atoms with Crippen molar-refractivity contribution >= 4 is 5.97 Å². The minimum atomic E-state index is -0.588. The summed E-state index contributed by atoms with van der Waals surface area (Å²) in [5.74, 6) is 0.636. The summed E-state index contributed by atoms with van der Waals surface area (Å²) in [4.78, 5) is 29.6. The molecule has 28 heavy (non-hydrogen) atoms. The molecule has 2 aliphatic rings. The second-order valence-corrected chi connectivity index (χ2v) is 5.94. The van der Waals surface area contributed by atoms with Crippen molar-refractivity contribution in [2.24, 2.45) is 0 Å². The van der Waals surface area contributed by atoms with Gasteiger partial charge in [0, 0.05) is 18.6 Å². The molecule has 4 rings (SSSR count). The number of aromatic nitrogens is 4. The highest BCUT2D eigenvalue weighted by Crippen LogP contribution is 2.24. The van der Waals surface area contributed by atoms with Crippen molar-refractivity contribution < 1.29 is 14.3 Å². The molecule has 8 heteroatoms. The maximum absolute atomic E-state index is 13.0. The second-order valence-electron chi connectivity index (χ2n) is 5.94. The fraction of sp³-hybridized carbons (Fsp3) is 0.100. The number of methoxy groups -OCH3 is 2. The maximum atomic E-state index is 13.0. The minimum Gasteiger partial charge on any atom is -0.497 e. The maximum Gasteiger partial charge on any atom is 0.341 e. The van der Waals surface area contributed by atoms with Crippen molar-refractivity contribution in [1.82, 2.24) is 19.3 Å². The summed E-state index contributed by atoms with van der Waals surface area (Å²) in [5, 5.41) is 4.37. The Morgan fingerprint density at radius 1 is 1.04 bits per heavy atom. The second kappa shape index (κ2) is 6.99. The number of hydrogen-bond acceptors (Lipinski definition) is 6. The molecule has 0 bridgehead atoms. The number of benzene rings is 1. The molecule has 0 radical (unpaired) electrons. The Morgan fingerprint density at radius 2 is 1.82 bits per heavy atom. The van der Waals surface area contributed by atoms with Crippen LogP contribution in [0.3, 0.4) is 0 Å². The number of rotatable bonds is 4. The average Bonchev–Trinajstić information content (AvgIpc) is 3.09. The molecule has 1 aromatic heterocycles. The highest BCUT2D eigenvalue weighted by molar-refractivity contribution is 5.96. The van der Waals surface area contributed by atoms with Crippen LogP contribution in [0.4, 0.5) is 0 Å². The zero-order valence-corrected chi connectivity index (χ0v) is 15.2. The summed E-state index contributed by atoms with van der Waals surface area (Å²) in [6.45, 7) is 0. The van der Waals surface area contributed by atoms with Crippen LogP contribution in [0.5, 0.6) is 5.75 Å². The van der Waals surface area contributed by atoms with Crippen LogP contribution in [0.25, 0.3) is 22.8 Å². The SMILES string of the molecule is COC(=O)c1cn(-c2ccccn2)cc2c(=O)n(-c3ccc(OC)cc3)nc1-2. The van der Waals surface area contributed by atoms with Crippen molar-refractivity contribution in [3.8, 4) is 28.5 Å². The molecule has 0 fully saturated rings. The molecule has 0 aliphatic carbocycles. The Hall–Kier alpha value is -3.94. The van der Waals surface area contributed by atoms with E-state index < -0.39 is 5.97 Å². The molecule has 3 heterocycles. The largest absolute Gasteiger partial charge is 0.497 e. The first-order valence-corrected chi connectivity index (χ1v) is 8.41. The fourth-order valence-corrected chi connectivity index (χ4v) is 2.90. The number of ether oxygens (including phenoxy) is 2. The van der Waals surface area contributed by atoms with Crippen LogP contribution in [0, 0.1) is 0 Å². The van der Waals surface area contributed by atoms with Crippen molar-refractivity contribution in [3.05, 3.63) is 77.0 Å². The summed E-state index contributed by atoms with van der Waals surface area (Å²) >= 11 is 0. The number of hydrogen-bond donors (Lipinski definition) is 0. The molecule has 0 spiro atoms. The van der Waals surface area contributed by atoms with Crippen LogP contribution in [-0.4, -0.2) is 39.5 Å². The van der Waals surface area contributed by atoms with E-state index in [0.29, 0.717) is 17.3 Å². The predicted octanol–water partition coefficient (Wildman–Crippen LogP) is 2.32. The summed E-state index contributed by atoms with van der Waals surface area (Å²) in [6.07, 6.45) is 4.80. The average molecular weight is 376 g/mol. The van der Waals surface area contributed by atoms with Gasteiger partial charge in [0.2, 0.25) is 0 Å². The van der Waals surface area contributed by atoms with Gasteiger partial charge in [0.1, 0.15) is 22.8 Å². The van der Waals surface area contributed by atoms with Crippen LogP contribution in [-0.2, 0) is 4.74 Å². The lowest BCUT2D eigenvalue weighted by Crippen LogP contribution is -2.15. The number of fused-ring (bicyclic) bond motifs is 1. The van der Waals surface area contributed by atoms with E-state index in [1.165, 1.54) is 11.8 Å². The number of carbonyl (C=O) groups excluding carboxylic acids is 1. The van der Waals surface area contributed by atoms with E-state index in [2.05, 4.69) is 10.1 Å². The van der Waals surface area contributed by atoms with Crippen molar-refractivity contribution in [1.29, 1.82) is 0 Å². The van der Waals surface area contributed by atoms with Gasteiger partial charge in [0.25, 0.3) is 5.56 Å². The molecule has 2 aromatic rings. The summed E-state index contributed by atoms with van der Waals surface area (Å²) in [6, 6.07) is 12.3. The standard InChI is InChI=1S/C20H16N4O4/c1-27-14-8-6-13(7-9-14)24-19(25)15-11-23(17-5-3-4-10-21-17)12-16(18(15)22-24)20(26)28-2/h3-12H,1-2H3. The van der Waals surface area contributed by atoms with Crippen LogP contribution in [0.1, 0.15) is 10.4 Å². The van der Waals surface area contributed by atoms with E-state index in [-0.39, 0.29) is 22.4 Å². The van der Waals surface area contributed by atoms with Gasteiger partial charge in [0.15, 0.2) is 0 Å². The first-order valence-electron chi connectivity index (χ1n) is 8.41. The zero-order valence-electron chi connectivity index (χ0n) is 15.2. The van der Waals surface area contributed by atoms with Crippen molar-refractivity contribution in [2.45, 2.75) is 0 Å². The number of pyridine rings is 2. The molecule has 140 valence electrons. The lowest BCUT2D eigenvalue weighted by atomic mass is 10.1. The molecule has 0 saturated carbocycles. The van der Waals surface area contributed by atoms with Crippen LogP contribution < -0.4 is 10.3 Å². The lowest BCUT2D eigenvalue weighted by molar-refractivity contribution is 0.0600. The van der Waals surface area contributed by atoms with Gasteiger partial charge >= 0.3 is 5.97 Å². The Bertz CT molecular complexity index is 1160. The van der Waals surface area contributed by atoms with E-state index in [0.717, 1.165) is 0 Å². The molecular weight excluding hydrogens is 360 g/mol. The van der Waals surface area contributed by atoms with Crippen LogP contribution in [0.2, 0.25) is 0 Å². The molecule has 0 amide bonds. The quantitative estimate of drug-likeness (QED) is 0.508. The van der Waals surface area contributed by atoms with Gasteiger partial charge in [-0.3, -0.25) is 4.79 Å². The van der Waals surface area contributed by atoms with Gasteiger partial charge < -0.3 is 14.0 Å². The number of nitrogens with zero attached hydrogens (tertiary/aromatic N) is 4. The highest BCUT2D eigenvalue weighted by Gasteiger charge is 2.25. The zero-order chi connectivity index (χ0) is 19.7. The smallest absolute Gasteiger partial charge is 0.341 e. The van der Waals surface area contributed by atoms with E-state index in [1.54, 1.807) is 66.7 Å². The predicted molar refractivity (Wildman–Crippen MR) is 101 cm³/mol. The number of carbonyl (C=O) groups is 1. The topological polar surface area (TPSA) is 88.2 Å². The molecule has 2 aliphatic heterocycles.